The van der Waals surface area contributed by atoms with Gasteiger partial charge in [0.25, 0.3) is 0 Å². The molecular formula is C42H49N7O8. The number of nitrogens with two attached hydrogens (primary N) is 2. The van der Waals surface area contributed by atoms with E-state index >= 15 is 0 Å². The van der Waals surface area contributed by atoms with Crippen molar-refractivity contribution in [2.24, 2.45) is 17.4 Å². The zero-order valence-corrected chi connectivity index (χ0v) is 31.9. The number of rotatable bonds is 22. The number of ether oxygens (including phenoxy) is 1. The lowest BCUT2D eigenvalue weighted by molar-refractivity contribution is -0.133. The number of nitriles is 1. The number of nitrogens with one attached hydrogen (secondary N) is 4. The Morgan fingerprint density at radius 3 is 1.81 bits per heavy atom. The third-order valence-corrected chi connectivity index (χ3v) is 8.56. The van der Waals surface area contributed by atoms with Crippen molar-refractivity contribution in [3.05, 3.63) is 119 Å². The standard InChI is InChI=1S/C42H49N7O8/c1-27(2)23-34(49-42(56)57-26-30-11-7-4-8-12-30)40(54)48-35(24-28-9-5-3-6-10-28)41(55)47-33(19-22-38(45)52)39(53)46-32(18-21-37(44)51)17-20-36(50)31-15-13-29(25-43)14-16-31/h3-17,20,27,32-35H,18-19,21-24,26H2,1-2H3,(H2,44,51)(H2,45,52)(H,46,53)(H,47,55)(H,48,54)(H,49,56)/b20-17+/t32-,33+,34+,35+/m1/s1. The van der Waals surface area contributed by atoms with Gasteiger partial charge in [-0.3, -0.25) is 28.8 Å². The SMILES string of the molecule is CC(C)C[C@H](NC(=O)OCc1ccccc1)C(=O)N[C@@H](Cc1ccccc1)C(=O)N[C@@H](CCC(N)=O)C(=O)N[C@H](/C=C/C(=O)c1ccc(C#N)cc1)CCC(N)=O. The molecule has 0 saturated carbocycles. The summed E-state index contributed by atoms with van der Waals surface area (Å²) in [5.74, 6) is -4.09. The lowest BCUT2D eigenvalue weighted by atomic mass is 10.0. The van der Waals surface area contributed by atoms with Gasteiger partial charge in [-0.15, -0.1) is 0 Å². The van der Waals surface area contributed by atoms with Gasteiger partial charge in [0.05, 0.1) is 11.6 Å². The van der Waals surface area contributed by atoms with Gasteiger partial charge in [0.15, 0.2) is 5.78 Å². The van der Waals surface area contributed by atoms with E-state index in [4.69, 9.17) is 21.5 Å². The summed E-state index contributed by atoms with van der Waals surface area (Å²) in [6.45, 7) is 3.70. The zero-order chi connectivity index (χ0) is 41.7. The lowest BCUT2D eigenvalue weighted by Gasteiger charge is -2.26. The Morgan fingerprint density at radius 1 is 0.684 bits per heavy atom. The fourth-order valence-electron chi connectivity index (χ4n) is 5.58. The van der Waals surface area contributed by atoms with E-state index in [0.29, 0.717) is 11.1 Å². The van der Waals surface area contributed by atoms with Crippen LogP contribution in [-0.2, 0) is 41.7 Å². The van der Waals surface area contributed by atoms with Crippen molar-refractivity contribution in [2.75, 3.05) is 0 Å². The molecule has 0 saturated heterocycles. The molecule has 8 N–H and O–H groups in total. The van der Waals surface area contributed by atoms with Gasteiger partial charge in [-0.2, -0.15) is 5.26 Å². The topological polar surface area (TPSA) is 253 Å². The molecule has 300 valence electrons. The van der Waals surface area contributed by atoms with Crippen LogP contribution in [0.5, 0.6) is 0 Å². The van der Waals surface area contributed by atoms with Gasteiger partial charge in [-0.25, -0.2) is 4.79 Å². The van der Waals surface area contributed by atoms with E-state index in [1.807, 2.05) is 26.0 Å². The highest BCUT2D eigenvalue weighted by atomic mass is 16.5. The van der Waals surface area contributed by atoms with Crippen molar-refractivity contribution in [3.63, 3.8) is 0 Å². The van der Waals surface area contributed by atoms with Crippen molar-refractivity contribution >= 4 is 41.4 Å². The molecule has 0 aliphatic rings. The van der Waals surface area contributed by atoms with E-state index in [-0.39, 0.29) is 56.6 Å². The molecule has 15 nitrogen and oxygen atoms in total. The summed E-state index contributed by atoms with van der Waals surface area (Å²) in [7, 11) is 0. The Balaban J connectivity index is 1.83. The molecule has 0 radical (unpaired) electrons. The molecular weight excluding hydrogens is 731 g/mol. The second-order valence-electron chi connectivity index (χ2n) is 13.7. The minimum absolute atomic E-state index is 0.000574. The summed E-state index contributed by atoms with van der Waals surface area (Å²) in [6.07, 6.45) is 1.28. The molecule has 4 atom stereocenters. The van der Waals surface area contributed by atoms with Crippen molar-refractivity contribution in [1.82, 2.24) is 21.3 Å². The second kappa shape index (κ2) is 23.2. The Bertz CT molecular complexity index is 1910. The summed E-state index contributed by atoms with van der Waals surface area (Å²) in [4.78, 5) is 90.7. The van der Waals surface area contributed by atoms with E-state index < -0.39 is 65.6 Å². The maximum absolute atomic E-state index is 14.0. The number of ketones is 1. The minimum Gasteiger partial charge on any atom is -0.445 e. The van der Waals surface area contributed by atoms with Crippen LogP contribution in [0.15, 0.2) is 97.1 Å². The van der Waals surface area contributed by atoms with Crippen LogP contribution in [0.2, 0.25) is 0 Å². The van der Waals surface area contributed by atoms with Crippen LogP contribution in [0.1, 0.15) is 73.0 Å². The number of carbonyl (C=O) groups is 7. The molecule has 0 aliphatic heterocycles. The maximum atomic E-state index is 14.0. The number of nitrogens with zero attached hydrogens (tertiary/aromatic N) is 1. The minimum atomic E-state index is -1.35. The molecule has 0 fully saturated rings. The number of hydrogen-bond acceptors (Lipinski definition) is 9. The quantitative estimate of drug-likeness (QED) is 0.0647. The first-order valence-corrected chi connectivity index (χ1v) is 18.5. The molecule has 0 spiro atoms. The summed E-state index contributed by atoms with van der Waals surface area (Å²) in [6, 6.07) is 21.1. The summed E-state index contributed by atoms with van der Waals surface area (Å²) in [5, 5.41) is 19.7. The highest BCUT2D eigenvalue weighted by Crippen LogP contribution is 2.12. The van der Waals surface area contributed by atoms with E-state index in [1.54, 1.807) is 54.6 Å². The van der Waals surface area contributed by atoms with Gasteiger partial charge in [0, 0.05) is 30.9 Å². The molecule has 15 heteroatoms. The molecule has 0 aliphatic carbocycles. The molecule has 3 aromatic carbocycles. The normalized spacial score (nSPS) is 12.9. The first kappa shape index (κ1) is 44.6. The number of hydrogen-bond donors (Lipinski definition) is 6. The first-order valence-electron chi connectivity index (χ1n) is 18.5. The van der Waals surface area contributed by atoms with Gasteiger partial charge in [0.1, 0.15) is 24.7 Å². The van der Waals surface area contributed by atoms with Gasteiger partial charge >= 0.3 is 6.09 Å². The summed E-state index contributed by atoms with van der Waals surface area (Å²) >= 11 is 0. The van der Waals surface area contributed by atoms with Crippen LogP contribution in [0.4, 0.5) is 4.79 Å². The van der Waals surface area contributed by atoms with Crippen LogP contribution < -0.4 is 32.7 Å². The first-order chi connectivity index (χ1) is 27.2. The lowest BCUT2D eigenvalue weighted by Crippen LogP contribution is -2.58. The van der Waals surface area contributed by atoms with Crippen LogP contribution in [0.3, 0.4) is 0 Å². The average molecular weight is 780 g/mol. The van der Waals surface area contributed by atoms with Gasteiger partial charge in [0.2, 0.25) is 29.5 Å². The third-order valence-electron chi connectivity index (χ3n) is 8.56. The molecule has 0 bridgehead atoms. The molecule has 0 aromatic heterocycles. The smallest absolute Gasteiger partial charge is 0.408 e. The van der Waals surface area contributed by atoms with Crippen LogP contribution in [-0.4, -0.2) is 65.6 Å². The number of alkyl carbamates (subject to hydrolysis) is 1. The number of carbonyl (C=O) groups excluding carboxylic acids is 7. The molecule has 0 unspecified atom stereocenters. The highest BCUT2D eigenvalue weighted by molar-refractivity contribution is 6.04. The number of primary amides is 2. The van der Waals surface area contributed by atoms with Gasteiger partial charge < -0.3 is 37.5 Å². The average Bonchev–Trinajstić information content (AvgIpc) is 3.19. The van der Waals surface area contributed by atoms with E-state index in [2.05, 4.69) is 21.3 Å². The van der Waals surface area contributed by atoms with Crippen molar-refractivity contribution in [2.45, 2.75) is 83.1 Å². The van der Waals surface area contributed by atoms with E-state index in [1.165, 1.54) is 36.4 Å². The predicted octanol–water partition coefficient (Wildman–Crippen LogP) is 2.87. The Labute approximate surface area is 331 Å². The van der Waals surface area contributed by atoms with Crippen LogP contribution in [0, 0.1) is 17.2 Å². The number of benzene rings is 3. The van der Waals surface area contributed by atoms with E-state index in [9.17, 15) is 33.6 Å². The fraction of sp³-hybridized carbons (Fsp3) is 0.333. The molecule has 3 rings (SSSR count). The zero-order valence-electron chi connectivity index (χ0n) is 31.9. The molecule has 0 heterocycles. The van der Waals surface area contributed by atoms with Crippen molar-refractivity contribution < 1.29 is 38.3 Å². The third kappa shape index (κ3) is 16.6. The monoisotopic (exact) mass is 779 g/mol. The van der Waals surface area contributed by atoms with Gasteiger partial charge in [-0.05, 0) is 66.6 Å². The fourth-order valence-corrected chi connectivity index (χ4v) is 5.58. The molecule has 3 aromatic rings. The Morgan fingerprint density at radius 2 is 1.23 bits per heavy atom. The largest absolute Gasteiger partial charge is 0.445 e. The highest BCUT2D eigenvalue weighted by Gasteiger charge is 2.31. The van der Waals surface area contributed by atoms with Gasteiger partial charge in [-0.1, -0.05) is 80.6 Å². The van der Waals surface area contributed by atoms with Crippen LogP contribution >= 0.6 is 0 Å². The summed E-state index contributed by atoms with van der Waals surface area (Å²) in [5.41, 5.74) is 12.8. The maximum Gasteiger partial charge on any atom is 0.408 e. The van der Waals surface area contributed by atoms with Crippen molar-refractivity contribution in [3.8, 4) is 6.07 Å². The Hall–Kier alpha value is -6.82. The Kier molecular flexibility index (Phi) is 18.1. The number of allylic oxidation sites excluding steroid dienone is 1. The second-order valence-corrected chi connectivity index (χ2v) is 13.7. The van der Waals surface area contributed by atoms with Crippen LogP contribution in [0.25, 0.3) is 0 Å². The van der Waals surface area contributed by atoms with E-state index in [0.717, 1.165) is 5.56 Å². The number of amides is 6. The van der Waals surface area contributed by atoms with Crippen molar-refractivity contribution in [1.29, 1.82) is 5.26 Å². The molecule has 57 heavy (non-hydrogen) atoms. The predicted molar refractivity (Wildman–Crippen MR) is 210 cm³/mol. The molecule has 6 amide bonds. The summed E-state index contributed by atoms with van der Waals surface area (Å²) < 4.78 is 5.34.